The number of carbonyl (C=O) groups is 1. The Kier molecular flexibility index (Phi) is 6.90. The first kappa shape index (κ1) is 18.5. The lowest BCUT2D eigenvalue weighted by Gasteiger charge is -2.09. The zero-order valence-corrected chi connectivity index (χ0v) is 13.1. The molecule has 0 heterocycles. The molecule has 0 saturated heterocycles. The van der Waals surface area contributed by atoms with Crippen molar-refractivity contribution in [2.24, 2.45) is 0 Å². The Balaban J connectivity index is 2.61. The Hall–Kier alpha value is -1.53. The van der Waals surface area contributed by atoms with Crippen molar-refractivity contribution in [2.45, 2.75) is 12.6 Å². The first-order valence-electron chi connectivity index (χ1n) is 6.67. The fraction of sp³-hybridized carbons (Fsp3) is 0.400. The molecule has 1 amide bonds. The van der Waals surface area contributed by atoms with Crippen molar-refractivity contribution >= 4 is 23.6 Å². The van der Waals surface area contributed by atoms with Crippen LogP contribution in [0.2, 0.25) is 5.02 Å². The van der Waals surface area contributed by atoms with E-state index in [0.29, 0.717) is 6.54 Å². The number of nitrogens with zero attached hydrogens (tertiary/aromatic N) is 1. The van der Waals surface area contributed by atoms with E-state index in [1.807, 2.05) is 19.0 Å². The molecule has 1 aromatic carbocycles. The molecule has 0 radical (unpaired) electrons. The normalized spacial score (nSPS) is 12.1. The minimum absolute atomic E-state index is 0.264. The molecule has 0 atom stereocenters. The second kappa shape index (κ2) is 8.19. The molecule has 1 aromatic rings. The lowest BCUT2D eigenvalue weighted by atomic mass is 10.1. The fourth-order valence-corrected chi connectivity index (χ4v) is 1.93. The van der Waals surface area contributed by atoms with Gasteiger partial charge in [0.25, 0.3) is 0 Å². The van der Waals surface area contributed by atoms with Crippen molar-refractivity contribution in [1.82, 2.24) is 10.2 Å². The van der Waals surface area contributed by atoms with Crippen molar-refractivity contribution in [2.75, 3.05) is 27.2 Å². The third kappa shape index (κ3) is 6.49. The molecule has 0 unspecified atom stereocenters. The van der Waals surface area contributed by atoms with Crippen LogP contribution in [0, 0.1) is 0 Å². The molecule has 122 valence electrons. The predicted molar refractivity (Wildman–Crippen MR) is 81.7 cm³/mol. The van der Waals surface area contributed by atoms with Gasteiger partial charge >= 0.3 is 6.18 Å². The van der Waals surface area contributed by atoms with Crippen molar-refractivity contribution in [3.8, 4) is 0 Å². The molecule has 0 spiro atoms. The number of alkyl halides is 3. The number of nitrogens with one attached hydrogen (secondary N) is 1. The van der Waals surface area contributed by atoms with Crippen LogP contribution in [0.3, 0.4) is 0 Å². The van der Waals surface area contributed by atoms with E-state index >= 15 is 0 Å². The summed E-state index contributed by atoms with van der Waals surface area (Å²) in [7, 11) is 3.86. The van der Waals surface area contributed by atoms with Crippen molar-refractivity contribution in [3.05, 3.63) is 40.4 Å². The molecule has 0 fully saturated rings. The first-order chi connectivity index (χ1) is 10.2. The molecule has 1 rings (SSSR count). The second-order valence-electron chi connectivity index (χ2n) is 5.02. The van der Waals surface area contributed by atoms with Gasteiger partial charge in [-0.3, -0.25) is 4.79 Å². The summed E-state index contributed by atoms with van der Waals surface area (Å²) in [5, 5.41) is 2.30. The highest BCUT2D eigenvalue weighted by atomic mass is 35.5. The van der Waals surface area contributed by atoms with Gasteiger partial charge in [0.05, 0.1) is 10.6 Å². The number of hydrogen-bond donors (Lipinski definition) is 1. The van der Waals surface area contributed by atoms with Crippen LogP contribution in [0.5, 0.6) is 0 Å². The quantitative estimate of drug-likeness (QED) is 0.638. The number of rotatable bonds is 6. The standard InChI is InChI=1S/C15H18ClF3N2O/c1-21(2)9-3-8-20-14(22)7-5-11-4-6-13(16)12(10-11)15(17,18)19/h4-7,10H,3,8-9H2,1-2H3,(H,20,22)/b7-5+. The van der Waals surface area contributed by atoms with E-state index < -0.39 is 11.7 Å². The Morgan fingerprint density at radius 1 is 1.36 bits per heavy atom. The van der Waals surface area contributed by atoms with Gasteiger partial charge in [0.2, 0.25) is 5.91 Å². The molecule has 0 aliphatic carbocycles. The monoisotopic (exact) mass is 334 g/mol. The van der Waals surface area contributed by atoms with Crippen LogP contribution in [0.25, 0.3) is 6.08 Å². The van der Waals surface area contributed by atoms with Gasteiger partial charge in [0, 0.05) is 12.6 Å². The van der Waals surface area contributed by atoms with E-state index in [1.54, 1.807) is 0 Å². The second-order valence-corrected chi connectivity index (χ2v) is 5.43. The molecule has 0 aliphatic rings. The maximum atomic E-state index is 12.7. The highest BCUT2D eigenvalue weighted by Crippen LogP contribution is 2.35. The topological polar surface area (TPSA) is 32.3 Å². The van der Waals surface area contributed by atoms with Crippen molar-refractivity contribution in [1.29, 1.82) is 0 Å². The summed E-state index contributed by atoms with van der Waals surface area (Å²) in [5.74, 6) is -0.345. The lowest BCUT2D eigenvalue weighted by molar-refractivity contribution is -0.137. The third-order valence-electron chi connectivity index (χ3n) is 2.80. The maximum Gasteiger partial charge on any atom is 0.417 e. The Labute approximate surface area is 132 Å². The average molecular weight is 335 g/mol. The van der Waals surface area contributed by atoms with Crippen LogP contribution >= 0.6 is 11.6 Å². The van der Waals surface area contributed by atoms with Gasteiger partial charge in [-0.15, -0.1) is 0 Å². The summed E-state index contributed by atoms with van der Waals surface area (Å²) in [6.07, 6.45) is -1.19. The van der Waals surface area contributed by atoms with E-state index in [4.69, 9.17) is 11.6 Å². The summed E-state index contributed by atoms with van der Waals surface area (Å²) < 4.78 is 38.1. The smallest absolute Gasteiger partial charge is 0.353 e. The molecule has 3 nitrogen and oxygen atoms in total. The van der Waals surface area contributed by atoms with Crippen LogP contribution < -0.4 is 5.32 Å². The summed E-state index contributed by atoms with van der Waals surface area (Å²) in [6.45, 7) is 1.35. The van der Waals surface area contributed by atoms with Gasteiger partial charge in [0.1, 0.15) is 0 Å². The Morgan fingerprint density at radius 2 is 2.05 bits per heavy atom. The fourth-order valence-electron chi connectivity index (χ4n) is 1.70. The van der Waals surface area contributed by atoms with Crippen LogP contribution in [0.15, 0.2) is 24.3 Å². The molecule has 0 aliphatic heterocycles. The summed E-state index contributed by atoms with van der Waals surface area (Å²) in [6, 6.07) is 3.50. The molecule has 1 N–H and O–H groups in total. The van der Waals surface area contributed by atoms with E-state index in [2.05, 4.69) is 5.32 Å². The molecule has 22 heavy (non-hydrogen) atoms. The minimum atomic E-state index is -4.52. The maximum absolute atomic E-state index is 12.7. The highest BCUT2D eigenvalue weighted by Gasteiger charge is 2.33. The van der Waals surface area contributed by atoms with Gasteiger partial charge < -0.3 is 10.2 Å². The third-order valence-corrected chi connectivity index (χ3v) is 3.13. The SMILES string of the molecule is CN(C)CCCNC(=O)/C=C/c1ccc(Cl)c(C(F)(F)F)c1. The highest BCUT2D eigenvalue weighted by molar-refractivity contribution is 6.31. The van der Waals surface area contributed by atoms with Crippen LogP contribution in [-0.4, -0.2) is 38.0 Å². The zero-order chi connectivity index (χ0) is 16.8. The van der Waals surface area contributed by atoms with Crippen LogP contribution in [-0.2, 0) is 11.0 Å². The van der Waals surface area contributed by atoms with Gasteiger partial charge in [-0.2, -0.15) is 13.2 Å². The van der Waals surface area contributed by atoms with Gasteiger partial charge in [-0.05, 0) is 50.8 Å². The van der Waals surface area contributed by atoms with E-state index in [9.17, 15) is 18.0 Å². The van der Waals surface area contributed by atoms with Gasteiger partial charge in [-0.25, -0.2) is 0 Å². The number of halogens is 4. The summed E-state index contributed by atoms with van der Waals surface area (Å²) in [5.41, 5.74) is -0.650. The molecular weight excluding hydrogens is 317 g/mol. The number of benzene rings is 1. The molecule has 0 aromatic heterocycles. The first-order valence-corrected chi connectivity index (χ1v) is 7.05. The Morgan fingerprint density at radius 3 is 2.64 bits per heavy atom. The number of hydrogen-bond acceptors (Lipinski definition) is 2. The predicted octanol–water partition coefficient (Wildman–Crippen LogP) is 3.44. The van der Waals surface area contributed by atoms with Crippen molar-refractivity contribution < 1.29 is 18.0 Å². The molecular formula is C15H18ClF3N2O. The van der Waals surface area contributed by atoms with E-state index in [-0.39, 0.29) is 16.5 Å². The van der Waals surface area contributed by atoms with Gasteiger partial charge in [0.15, 0.2) is 0 Å². The Bertz CT molecular complexity index is 542. The minimum Gasteiger partial charge on any atom is -0.353 e. The van der Waals surface area contributed by atoms with Gasteiger partial charge in [-0.1, -0.05) is 17.7 Å². The molecule has 7 heteroatoms. The van der Waals surface area contributed by atoms with E-state index in [0.717, 1.165) is 19.0 Å². The zero-order valence-electron chi connectivity index (χ0n) is 12.4. The largest absolute Gasteiger partial charge is 0.417 e. The van der Waals surface area contributed by atoms with Crippen LogP contribution in [0.4, 0.5) is 13.2 Å². The summed E-state index contributed by atoms with van der Waals surface area (Å²) >= 11 is 5.53. The summed E-state index contributed by atoms with van der Waals surface area (Å²) in [4.78, 5) is 13.5. The molecule has 0 saturated carbocycles. The van der Waals surface area contributed by atoms with Crippen molar-refractivity contribution in [3.63, 3.8) is 0 Å². The average Bonchev–Trinajstić information content (AvgIpc) is 2.41. The number of amides is 1. The van der Waals surface area contributed by atoms with E-state index in [1.165, 1.54) is 24.3 Å². The molecule has 0 bridgehead atoms. The lowest BCUT2D eigenvalue weighted by Crippen LogP contribution is -2.25. The van der Waals surface area contributed by atoms with Crippen LogP contribution in [0.1, 0.15) is 17.5 Å². The number of carbonyl (C=O) groups excluding carboxylic acids is 1.